The lowest BCUT2D eigenvalue weighted by molar-refractivity contribution is 0.439. The molecule has 2 rings (SSSR count). The Morgan fingerprint density at radius 3 is 2.35 bits per heavy atom. The highest BCUT2D eigenvalue weighted by Gasteiger charge is 2.13. The van der Waals surface area contributed by atoms with Gasteiger partial charge in [-0.1, -0.05) is 26.8 Å². The predicted molar refractivity (Wildman–Crippen MR) is 81.1 cm³/mol. The van der Waals surface area contributed by atoms with Gasteiger partial charge >= 0.3 is 11.1 Å². The number of nitrogens with one attached hydrogen (secondary N) is 3. The van der Waals surface area contributed by atoms with Crippen LogP contribution in [0.5, 0.6) is 0 Å². The van der Waals surface area contributed by atoms with E-state index < -0.39 is 11.1 Å². The number of benzene rings is 1. The quantitative estimate of drug-likeness (QED) is 0.729. The van der Waals surface area contributed by atoms with Crippen LogP contribution in [-0.4, -0.2) is 16.5 Å². The van der Waals surface area contributed by atoms with Crippen LogP contribution in [0.1, 0.15) is 38.8 Å². The van der Waals surface area contributed by atoms with E-state index in [1.165, 1.54) is 0 Å². The number of aromatic nitrogens is 2. The van der Waals surface area contributed by atoms with Gasteiger partial charge in [-0.2, -0.15) is 0 Å². The molecule has 1 aromatic carbocycles. The van der Waals surface area contributed by atoms with Crippen LogP contribution < -0.4 is 16.4 Å². The molecule has 0 fully saturated rings. The Balaban J connectivity index is 2.45. The highest BCUT2D eigenvalue weighted by atomic mass is 16.2. The third-order valence-corrected chi connectivity index (χ3v) is 3.31. The van der Waals surface area contributed by atoms with Gasteiger partial charge in [0.2, 0.25) is 0 Å². The lowest BCUT2D eigenvalue weighted by Crippen LogP contribution is -2.29. The standard InChI is InChI=1S/C15H21N3O2/c1-4-16-12(7-9(2)3)10-5-6-11-13(8-10)18-15(20)14(19)17-11/h5-6,8-9,12,16H,4,7H2,1-3H3,(H,17,19)(H,18,20). The van der Waals surface area contributed by atoms with Crippen molar-refractivity contribution in [2.75, 3.05) is 6.54 Å². The highest BCUT2D eigenvalue weighted by molar-refractivity contribution is 5.74. The maximum absolute atomic E-state index is 11.4. The second-order valence-corrected chi connectivity index (χ2v) is 5.45. The number of hydrogen-bond acceptors (Lipinski definition) is 3. The van der Waals surface area contributed by atoms with E-state index in [9.17, 15) is 9.59 Å². The van der Waals surface area contributed by atoms with E-state index in [4.69, 9.17) is 0 Å². The summed E-state index contributed by atoms with van der Waals surface area (Å²) in [5.74, 6) is 0.573. The second kappa shape index (κ2) is 6.05. The number of rotatable bonds is 5. The molecule has 0 aliphatic rings. The van der Waals surface area contributed by atoms with E-state index in [0.29, 0.717) is 17.0 Å². The van der Waals surface area contributed by atoms with Gasteiger partial charge < -0.3 is 15.3 Å². The first-order chi connectivity index (χ1) is 9.51. The Bertz CT molecular complexity index is 700. The number of fused-ring (bicyclic) bond motifs is 1. The lowest BCUT2D eigenvalue weighted by atomic mass is 9.96. The van der Waals surface area contributed by atoms with Gasteiger partial charge in [0.1, 0.15) is 0 Å². The van der Waals surface area contributed by atoms with Gasteiger partial charge in [0.05, 0.1) is 11.0 Å². The van der Waals surface area contributed by atoms with Crippen LogP contribution in [0.4, 0.5) is 0 Å². The van der Waals surface area contributed by atoms with Crippen LogP contribution in [0.2, 0.25) is 0 Å². The smallest absolute Gasteiger partial charge is 0.314 e. The van der Waals surface area contributed by atoms with E-state index in [1.54, 1.807) is 0 Å². The summed E-state index contributed by atoms with van der Waals surface area (Å²) in [5.41, 5.74) is 1.21. The topological polar surface area (TPSA) is 77.8 Å². The summed E-state index contributed by atoms with van der Waals surface area (Å²) in [6, 6.07) is 6.02. The molecule has 1 atom stereocenters. The summed E-state index contributed by atoms with van der Waals surface area (Å²) in [6.07, 6.45) is 1.02. The maximum atomic E-state index is 11.4. The summed E-state index contributed by atoms with van der Waals surface area (Å²) in [7, 11) is 0. The third-order valence-electron chi connectivity index (χ3n) is 3.31. The molecule has 5 nitrogen and oxygen atoms in total. The van der Waals surface area contributed by atoms with Crippen LogP contribution in [0, 0.1) is 5.92 Å². The fraction of sp³-hybridized carbons (Fsp3) is 0.467. The molecule has 0 saturated heterocycles. The Kier molecular flexibility index (Phi) is 4.39. The summed E-state index contributed by atoms with van der Waals surface area (Å²) in [4.78, 5) is 27.9. The Hall–Kier alpha value is -1.88. The molecule has 0 spiro atoms. The molecule has 1 unspecified atom stereocenters. The van der Waals surface area contributed by atoms with Crippen LogP contribution in [0.15, 0.2) is 27.8 Å². The molecule has 0 bridgehead atoms. The molecule has 2 aromatic rings. The van der Waals surface area contributed by atoms with Crippen molar-refractivity contribution in [3.05, 3.63) is 44.5 Å². The molecule has 1 heterocycles. The summed E-state index contributed by atoms with van der Waals surface area (Å²) >= 11 is 0. The molecular formula is C15H21N3O2. The zero-order valence-corrected chi connectivity index (χ0v) is 12.1. The highest BCUT2D eigenvalue weighted by Crippen LogP contribution is 2.23. The maximum Gasteiger partial charge on any atom is 0.314 e. The molecule has 0 amide bonds. The fourth-order valence-corrected chi connectivity index (χ4v) is 2.40. The molecule has 1 aromatic heterocycles. The minimum absolute atomic E-state index is 0.250. The van der Waals surface area contributed by atoms with Crippen molar-refractivity contribution in [1.29, 1.82) is 0 Å². The summed E-state index contributed by atoms with van der Waals surface area (Å²) < 4.78 is 0. The summed E-state index contributed by atoms with van der Waals surface area (Å²) in [6.45, 7) is 7.33. The van der Waals surface area contributed by atoms with Gasteiger partial charge in [0.15, 0.2) is 0 Å². The minimum Gasteiger partial charge on any atom is -0.316 e. The Morgan fingerprint density at radius 1 is 1.10 bits per heavy atom. The Morgan fingerprint density at radius 2 is 1.75 bits per heavy atom. The predicted octanol–water partition coefficient (Wildman–Crippen LogP) is 1.91. The Labute approximate surface area is 117 Å². The largest absolute Gasteiger partial charge is 0.316 e. The van der Waals surface area contributed by atoms with Crippen LogP contribution in [0.3, 0.4) is 0 Å². The molecule has 0 aliphatic heterocycles. The molecule has 0 saturated carbocycles. The van der Waals surface area contributed by atoms with Gasteiger partial charge in [0.25, 0.3) is 0 Å². The second-order valence-electron chi connectivity index (χ2n) is 5.45. The van der Waals surface area contributed by atoms with E-state index in [0.717, 1.165) is 18.5 Å². The van der Waals surface area contributed by atoms with E-state index in [-0.39, 0.29) is 6.04 Å². The molecule has 3 N–H and O–H groups in total. The molecule has 5 heteroatoms. The molecule has 0 aliphatic carbocycles. The number of aromatic amines is 2. The van der Waals surface area contributed by atoms with Crippen molar-refractivity contribution in [2.24, 2.45) is 5.92 Å². The first-order valence-corrected chi connectivity index (χ1v) is 7.01. The van der Waals surface area contributed by atoms with Crippen molar-refractivity contribution < 1.29 is 0 Å². The van der Waals surface area contributed by atoms with Crippen LogP contribution in [0.25, 0.3) is 11.0 Å². The van der Waals surface area contributed by atoms with Crippen molar-refractivity contribution >= 4 is 11.0 Å². The first-order valence-electron chi connectivity index (χ1n) is 7.01. The normalized spacial score (nSPS) is 13.0. The fourth-order valence-electron chi connectivity index (χ4n) is 2.40. The zero-order valence-electron chi connectivity index (χ0n) is 12.1. The van der Waals surface area contributed by atoms with Gasteiger partial charge in [-0.05, 0) is 36.6 Å². The zero-order chi connectivity index (χ0) is 14.7. The average Bonchev–Trinajstić information content (AvgIpc) is 2.38. The summed E-state index contributed by atoms with van der Waals surface area (Å²) in [5, 5.41) is 3.46. The first kappa shape index (κ1) is 14.5. The lowest BCUT2D eigenvalue weighted by Gasteiger charge is -2.20. The SMILES string of the molecule is CCNC(CC(C)C)c1ccc2[nH]c(=O)c(=O)[nH]c2c1. The molecule has 0 radical (unpaired) electrons. The number of hydrogen-bond donors (Lipinski definition) is 3. The van der Waals surface area contributed by atoms with Crippen molar-refractivity contribution in [3.63, 3.8) is 0 Å². The van der Waals surface area contributed by atoms with Crippen LogP contribution >= 0.6 is 0 Å². The van der Waals surface area contributed by atoms with Crippen molar-refractivity contribution in [2.45, 2.75) is 33.2 Å². The average molecular weight is 275 g/mol. The third kappa shape index (κ3) is 3.17. The van der Waals surface area contributed by atoms with Gasteiger partial charge in [-0.3, -0.25) is 9.59 Å². The van der Waals surface area contributed by atoms with E-state index >= 15 is 0 Å². The number of H-pyrrole nitrogens is 2. The molecule has 20 heavy (non-hydrogen) atoms. The molecular weight excluding hydrogens is 254 g/mol. The monoisotopic (exact) mass is 275 g/mol. The van der Waals surface area contributed by atoms with Gasteiger partial charge in [-0.15, -0.1) is 0 Å². The van der Waals surface area contributed by atoms with Crippen LogP contribution in [-0.2, 0) is 0 Å². The minimum atomic E-state index is -0.615. The van der Waals surface area contributed by atoms with Gasteiger partial charge in [-0.25, -0.2) is 0 Å². The van der Waals surface area contributed by atoms with E-state index in [1.807, 2.05) is 18.2 Å². The van der Waals surface area contributed by atoms with Crippen molar-refractivity contribution in [1.82, 2.24) is 15.3 Å². The van der Waals surface area contributed by atoms with Gasteiger partial charge in [0, 0.05) is 6.04 Å². The van der Waals surface area contributed by atoms with Crippen molar-refractivity contribution in [3.8, 4) is 0 Å². The van der Waals surface area contributed by atoms with E-state index in [2.05, 4.69) is 36.1 Å². The molecule has 108 valence electrons.